The largest absolute Gasteiger partial charge is 0.481 e. The highest BCUT2D eigenvalue weighted by Gasteiger charge is 2.31. The average Bonchev–Trinajstić information content (AvgIpc) is 3.35. The number of amides is 1. The van der Waals surface area contributed by atoms with Crippen LogP contribution in [-0.2, 0) is 29.1 Å². The summed E-state index contributed by atoms with van der Waals surface area (Å²) in [6, 6.07) is 6.09. The third-order valence-corrected chi connectivity index (χ3v) is 8.13. The number of pyridine rings is 1. The minimum absolute atomic E-state index is 0.178. The van der Waals surface area contributed by atoms with Crippen molar-refractivity contribution in [1.29, 1.82) is 0 Å². The van der Waals surface area contributed by atoms with Gasteiger partial charge in [0.05, 0.1) is 23.3 Å². The number of aromatic nitrogens is 2. The van der Waals surface area contributed by atoms with Crippen LogP contribution < -0.4 is 0 Å². The molecular weight excluding hydrogens is 446 g/mol. The number of thiophene rings is 1. The van der Waals surface area contributed by atoms with E-state index in [1.54, 1.807) is 0 Å². The summed E-state index contributed by atoms with van der Waals surface area (Å²) in [4.78, 5) is 31.0. The molecule has 1 aliphatic carbocycles. The number of carboxylic acid groups (broad SMARTS) is 1. The molecule has 6 nitrogen and oxygen atoms in total. The number of hydrogen-bond donors (Lipinski definition) is 1. The molecule has 1 fully saturated rings. The number of hydrogen-bond acceptors (Lipinski definition) is 4. The van der Waals surface area contributed by atoms with Crippen LogP contribution in [0.5, 0.6) is 0 Å². The Hall–Kier alpha value is -2.38. The number of aliphatic carboxylic acids is 1. The van der Waals surface area contributed by atoms with E-state index in [2.05, 4.69) is 21.0 Å². The zero-order chi connectivity index (χ0) is 22.2. The van der Waals surface area contributed by atoms with Crippen molar-refractivity contribution in [2.75, 3.05) is 6.54 Å². The van der Waals surface area contributed by atoms with E-state index in [1.165, 1.54) is 22.3 Å². The average molecular weight is 472 g/mol. The fraction of sp³-hybridized carbons (Fsp3) is 0.458. The van der Waals surface area contributed by atoms with Gasteiger partial charge in [-0.25, -0.2) is 4.98 Å². The van der Waals surface area contributed by atoms with Gasteiger partial charge in [-0.15, -0.1) is 11.3 Å². The third kappa shape index (κ3) is 4.16. The molecule has 2 aliphatic rings. The first-order valence-electron chi connectivity index (χ1n) is 11.2. The van der Waals surface area contributed by atoms with Crippen LogP contribution in [-0.4, -0.2) is 38.0 Å². The van der Waals surface area contributed by atoms with Crippen LogP contribution >= 0.6 is 22.9 Å². The number of carbonyl (C=O) groups excluding carboxylic acids is 1. The maximum Gasteiger partial charge on any atom is 0.306 e. The van der Waals surface area contributed by atoms with Gasteiger partial charge in [0.15, 0.2) is 0 Å². The monoisotopic (exact) mass is 471 g/mol. The van der Waals surface area contributed by atoms with E-state index in [-0.39, 0.29) is 11.8 Å². The van der Waals surface area contributed by atoms with Gasteiger partial charge < -0.3 is 14.6 Å². The predicted octanol–water partition coefficient (Wildman–Crippen LogP) is 4.97. The van der Waals surface area contributed by atoms with Crippen molar-refractivity contribution >= 4 is 45.8 Å². The standard InChI is InChI=1S/C24H26ClN3O3S/c25-21-10-16(14-32-21)12-28-20-13-27(9-7-18(20)19-2-1-8-26-23(19)28)22(29)11-15-3-5-17(6-4-15)24(30)31/h1-2,8,10,14-15,17H,3-7,9,11-13H2,(H,30,31). The molecule has 3 aromatic rings. The summed E-state index contributed by atoms with van der Waals surface area (Å²) in [6.07, 6.45) is 6.17. The van der Waals surface area contributed by atoms with Crippen LogP contribution in [0.4, 0.5) is 0 Å². The first kappa shape index (κ1) is 21.5. The minimum atomic E-state index is -0.702. The number of rotatable bonds is 5. The molecule has 8 heteroatoms. The number of nitrogens with zero attached hydrogens (tertiary/aromatic N) is 3. The van der Waals surface area contributed by atoms with Crippen molar-refractivity contribution in [3.05, 3.63) is 50.9 Å². The van der Waals surface area contributed by atoms with Crippen LogP contribution in [0.3, 0.4) is 0 Å². The van der Waals surface area contributed by atoms with Gasteiger partial charge in [-0.3, -0.25) is 9.59 Å². The highest BCUT2D eigenvalue weighted by Crippen LogP contribution is 2.34. The van der Waals surface area contributed by atoms with Crippen molar-refractivity contribution in [3.8, 4) is 0 Å². The number of carbonyl (C=O) groups is 2. The van der Waals surface area contributed by atoms with Gasteiger partial charge in [0, 0.05) is 30.2 Å². The Morgan fingerprint density at radius 1 is 1.25 bits per heavy atom. The zero-order valence-corrected chi connectivity index (χ0v) is 19.4. The Labute approximate surface area is 195 Å². The normalized spacial score (nSPS) is 21.0. The number of halogens is 1. The molecule has 0 radical (unpaired) electrons. The van der Waals surface area contributed by atoms with E-state index in [9.17, 15) is 14.7 Å². The molecule has 0 spiro atoms. The second-order valence-electron chi connectivity index (χ2n) is 8.97. The van der Waals surface area contributed by atoms with Crippen LogP contribution in [0.2, 0.25) is 4.34 Å². The van der Waals surface area contributed by atoms with E-state index < -0.39 is 5.97 Å². The van der Waals surface area contributed by atoms with Crippen LogP contribution in [0.15, 0.2) is 29.8 Å². The Morgan fingerprint density at radius 2 is 2.06 bits per heavy atom. The van der Waals surface area contributed by atoms with Gasteiger partial charge in [0.25, 0.3) is 0 Å². The lowest BCUT2D eigenvalue weighted by atomic mass is 9.80. The molecule has 4 heterocycles. The van der Waals surface area contributed by atoms with Gasteiger partial charge in [-0.1, -0.05) is 11.6 Å². The second kappa shape index (κ2) is 8.87. The number of carboxylic acids is 1. The third-order valence-electron chi connectivity index (χ3n) is 6.99. The Kier molecular flexibility index (Phi) is 5.95. The summed E-state index contributed by atoms with van der Waals surface area (Å²) in [6.45, 7) is 1.99. The fourth-order valence-electron chi connectivity index (χ4n) is 5.24. The summed E-state index contributed by atoms with van der Waals surface area (Å²) in [5.74, 6) is -0.475. The van der Waals surface area contributed by atoms with Crippen molar-refractivity contribution in [2.45, 2.75) is 51.6 Å². The molecule has 0 bridgehead atoms. The molecule has 1 aliphatic heterocycles. The number of fused-ring (bicyclic) bond motifs is 3. The summed E-state index contributed by atoms with van der Waals surface area (Å²) < 4.78 is 3.01. The van der Waals surface area contributed by atoms with E-state index in [4.69, 9.17) is 11.6 Å². The molecule has 168 valence electrons. The van der Waals surface area contributed by atoms with Gasteiger partial charge in [-0.2, -0.15) is 0 Å². The lowest BCUT2D eigenvalue weighted by molar-refractivity contribution is -0.143. The molecule has 0 atom stereocenters. The highest BCUT2D eigenvalue weighted by molar-refractivity contribution is 7.14. The maximum absolute atomic E-state index is 13.1. The molecule has 0 aromatic carbocycles. The van der Waals surface area contributed by atoms with Crippen molar-refractivity contribution in [2.24, 2.45) is 11.8 Å². The first-order chi connectivity index (χ1) is 15.5. The SMILES string of the molecule is O=C(O)C1CCC(CC(=O)N2CCc3c(n(Cc4csc(Cl)c4)c4ncccc34)C2)CC1. The lowest BCUT2D eigenvalue weighted by Gasteiger charge is -2.31. The highest BCUT2D eigenvalue weighted by atomic mass is 35.5. The minimum Gasteiger partial charge on any atom is -0.481 e. The van der Waals surface area contributed by atoms with E-state index in [0.717, 1.165) is 40.5 Å². The molecule has 1 saturated carbocycles. The molecule has 0 unspecified atom stereocenters. The van der Waals surface area contributed by atoms with Crippen LogP contribution in [0.25, 0.3) is 11.0 Å². The zero-order valence-electron chi connectivity index (χ0n) is 17.8. The molecule has 32 heavy (non-hydrogen) atoms. The van der Waals surface area contributed by atoms with E-state index >= 15 is 0 Å². The maximum atomic E-state index is 13.1. The summed E-state index contributed by atoms with van der Waals surface area (Å²) in [5, 5.41) is 12.4. The second-order valence-corrected chi connectivity index (χ2v) is 10.5. The quantitative estimate of drug-likeness (QED) is 0.570. The van der Waals surface area contributed by atoms with Crippen LogP contribution in [0.1, 0.15) is 48.9 Å². The van der Waals surface area contributed by atoms with E-state index in [0.29, 0.717) is 44.8 Å². The van der Waals surface area contributed by atoms with Gasteiger partial charge in [0.2, 0.25) is 5.91 Å². The Morgan fingerprint density at radius 3 is 2.78 bits per heavy atom. The molecule has 1 N–H and O–H groups in total. The summed E-state index contributed by atoms with van der Waals surface area (Å²) in [5.41, 5.74) is 4.56. The Bertz CT molecular complexity index is 1160. The lowest BCUT2D eigenvalue weighted by Crippen LogP contribution is -2.38. The molecule has 1 amide bonds. The van der Waals surface area contributed by atoms with Gasteiger partial charge in [-0.05, 0) is 72.7 Å². The topological polar surface area (TPSA) is 75.4 Å². The van der Waals surface area contributed by atoms with Gasteiger partial charge in [0.1, 0.15) is 5.65 Å². The van der Waals surface area contributed by atoms with Crippen molar-refractivity contribution in [1.82, 2.24) is 14.5 Å². The van der Waals surface area contributed by atoms with Crippen molar-refractivity contribution in [3.63, 3.8) is 0 Å². The molecular formula is C24H26ClN3O3S. The first-order valence-corrected chi connectivity index (χ1v) is 12.4. The molecule has 0 saturated heterocycles. The van der Waals surface area contributed by atoms with E-state index in [1.807, 2.05) is 23.2 Å². The van der Waals surface area contributed by atoms with Crippen molar-refractivity contribution < 1.29 is 14.7 Å². The predicted molar refractivity (Wildman–Crippen MR) is 125 cm³/mol. The summed E-state index contributed by atoms with van der Waals surface area (Å²) in [7, 11) is 0. The van der Waals surface area contributed by atoms with Gasteiger partial charge >= 0.3 is 5.97 Å². The smallest absolute Gasteiger partial charge is 0.306 e. The fourth-order valence-corrected chi connectivity index (χ4v) is 6.14. The summed E-state index contributed by atoms with van der Waals surface area (Å²) >= 11 is 7.68. The Balaban J connectivity index is 1.34. The van der Waals surface area contributed by atoms with Crippen LogP contribution in [0, 0.1) is 11.8 Å². The molecule has 5 rings (SSSR count). The molecule has 3 aromatic heterocycles.